The second-order valence-corrected chi connectivity index (χ2v) is 4.91. The molecule has 0 saturated carbocycles. The molecule has 4 heteroatoms. The molecule has 0 bridgehead atoms. The average Bonchev–Trinajstić information content (AvgIpc) is 2.41. The third-order valence-electron chi connectivity index (χ3n) is 2.62. The average molecular weight is 267 g/mol. The Bertz CT molecular complexity index is 359. The van der Waals surface area contributed by atoms with Crippen molar-refractivity contribution in [1.82, 2.24) is 4.90 Å². The van der Waals surface area contributed by atoms with Crippen molar-refractivity contribution in [2.75, 3.05) is 32.6 Å². The smallest absolute Gasteiger partial charge is 0.115 e. The first-order valence-corrected chi connectivity index (χ1v) is 7.17. The molecule has 0 amide bonds. The molecule has 1 N–H and O–H groups in total. The number of ether oxygens (including phenoxy) is 1. The van der Waals surface area contributed by atoms with Crippen molar-refractivity contribution in [3.8, 4) is 5.75 Å². The number of benzene rings is 1. The van der Waals surface area contributed by atoms with Gasteiger partial charge in [0.05, 0.1) is 13.2 Å². The van der Waals surface area contributed by atoms with Crippen molar-refractivity contribution >= 4 is 11.8 Å². The molecule has 0 radical (unpaired) electrons. The Morgan fingerprint density at radius 3 is 2.22 bits per heavy atom. The number of aromatic hydroxyl groups is 1. The minimum Gasteiger partial charge on any atom is -0.508 e. The molecule has 1 aliphatic heterocycles. The summed E-state index contributed by atoms with van der Waals surface area (Å²) < 4.78 is 5.17. The summed E-state index contributed by atoms with van der Waals surface area (Å²) in [6.45, 7) is 9.61. The molecule has 0 spiro atoms. The lowest BCUT2D eigenvalue weighted by molar-refractivity contribution is 0.0540. The highest BCUT2D eigenvalue weighted by Gasteiger charge is 2.07. The fraction of sp³-hybridized carbons (Fsp3) is 0.429. The molecule has 100 valence electrons. The maximum absolute atomic E-state index is 8.84. The van der Waals surface area contributed by atoms with Gasteiger partial charge in [0.1, 0.15) is 5.75 Å². The van der Waals surface area contributed by atoms with E-state index in [0.29, 0.717) is 5.75 Å². The van der Waals surface area contributed by atoms with E-state index in [1.165, 1.54) is 4.90 Å². The van der Waals surface area contributed by atoms with E-state index in [1.807, 2.05) is 25.3 Å². The molecular weight excluding hydrogens is 246 g/mol. The van der Waals surface area contributed by atoms with Crippen LogP contribution in [0.4, 0.5) is 0 Å². The van der Waals surface area contributed by atoms with E-state index in [0.717, 1.165) is 32.0 Å². The van der Waals surface area contributed by atoms with Crippen molar-refractivity contribution in [3.63, 3.8) is 0 Å². The van der Waals surface area contributed by atoms with Crippen LogP contribution in [0.2, 0.25) is 0 Å². The monoisotopic (exact) mass is 267 g/mol. The Labute approximate surface area is 113 Å². The second kappa shape index (κ2) is 8.06. The zero-order valence-corrected chi connectivity index (χ0v) is 11.9. The van der Waals surface area contributed by atoms with E-state index < -0.39 is 0 Å². The Hall–Kier alpha value is -1.13. The Kier molecular flexibility index (Phi) is 6.68. The molecule has 0 unspecified atom stereocenters. The van der Waals surface area contributed by atoms with Gasteiger partial charge in [-0.1, -0.05) is 6.58 Å². The van der Waals surface area contributed by atoms with E-state index in [4.69, 9.17) is 9.84 Å². The lowest BCUT2D eigenvalue weighted by atomic mass is 10.3. The number of morpholine rings is 1. The summed E-state index contributed by atoms with van der Waals surface area (Å²) in [5.41, 5.74) is 1.15. The van der Waals surface area contributed by atoms with Gasteiger partial charge in [0.25, 0.3) is 0 Å². The van der Waals surface area contributed by atoms with Crippen LogP contribution in [0.3, 0.4) is 0 Å². The molecule has 1 saturated heterocycles. The van der Waals surface area contributed by atoms with E-state index in [9.17, 15) is 0 Å². The van der Waals surface area contributed by atoms with Crippen LogP contribution in [0, 0.1) is 0 Å². The van der Waals surface area contributed by atoms with Gasteiger partial charge < -0.3 is 14.7 Å². The van der Waals surface area contributed by atoms with Crippen LogP contribution < -0.4 is 0 Å². The van der Waals surface area contributed by atoms with E-state index in [2.05, 4.69) is 11.5 Å². The van der Waals surface area contributed by atoms with E-state index >= 15 is 0 Å². The predicted octanol–water partition coefficient (Wildman–Crippen LogP) is 2.97. The molecule has 1 aliphatic rings. The van der Waals surface area contributed by atoms with Crippen molar-refractivity contribution < 1.29 is 9.84 Å². The van der Waals surface area contributed by atoms with Gasteiger partial charge in [0.2, 0.25) is 0 Å². The fourth-order valence-corrected chi connectivity index (χ4v) is 1.94. The van der Waals surface area contributed by atoms with Crippen molar-refractivity contribution in [3.05, 3.63) is 36.5 Å². The maximum atomic E-state index is 8.84. The van der Waals surface area contributed by atoms with Crippen molar-refractivity contribution in [1.29, 1.82) is 0 Å². The molecule has 1 fully saturated rings. The first-order valence-electron chi connectivity index (χ1n) is 5.94. The van der Waals surface area contributed by atoms with E-state index in [1.54, 1.807) is 23.9 Å². The van der Waals surface area contributed by atoms with Crippen LogP contribution in [0.15, 0.2) is 41.4 Å². The lowest BCUT2D eigenvalue weighted by Crippen LogP contribution is -2.34. The number of rotatable bonds is 2. The highest BCUT2D eigenvalue weighted by Crippen LogP contribution is 2.17. The number of phenols is 1. The van der Waals surface area contributed by atoms with Crippen molar-refractivity contribution in [2.24, 2.45) is 0 Å². The minimum absolute atomic E-state index is 0.327. The highest BCUT2D eigenvalue weighted by atomic mass is 32.2. The Morgan fingerprint density at radius 2 is 1.83 bits per heavy atom. The fourth-order valence-electron chi connectivity index (χ4n) is 1.53. The van der Waals surface area contributed by atoms with Crippen LogP contribution in [0.5, 0.6) is 5.75 Å². The van der Waals surface area contributed by atoms with E-state index in [-0.39, 0.29) is 0 Å². The summed E-state index contributed by atoms with van der Waals surface area (Å²) >= 11 is 1.67. The normalized spacial score (nSPS) is 14.7. The zero-order valence-electron chi connectivity index (χ0n) is 11.1. The summed E-state index contributed by atoms with van der Waals surface area (Å²) in [7, 11) is 0. The molecule has 0 aliphatic carbocycles. The van der Waals surface area contributed by atoms with Gasteiger partial charge in [-0.15, -0.1) is 11.8 Å². The lowest BCUT2D eigenvalue weighted by Gasteiger charge is -2.28. The van der Waals surface area contributed by atoms with Gasteiger partial charge in [0.15, 0.2) is 0 Å². The van der Waals surface area contributed by atoms with Crippen LogP contribution in [0.25, 0.3) is 0 Å². The maximum Gasteiger partial charge on any atom is 0.115 e. The third-order valence-corrected chi connectivity index (χ3v) is 3.37. The summed E-state index contributed by atoms with van der Waals surface area (Å²) in [5, 5.41) is 8.84. The summed E-state index contributed by atoms with van der Waals surface area (Å²) in [6, 6.07) is 7.15. The predicted molar refractivity (Wildman–Crippen MR) is 77.1 cm³/mol. The number of hydrogen-bond donors (Lipinski definition) is 1. The van der Waals surface area contributed by atoms with Gasteiger partial charge in [-0.05, 0) is 37.4 Å². The van der Waals surface area contributed by atoms with Crippen LogP contribution >= 0.6 is 11.8 Å². The summed E-state index contributed by atoms with van der Waals surface area (Å²) in [5.74, 6) is 0.327. The van der Waals surface area contributed by atoms with Gasteiger partial charge in [-0.3, -0.25) is 0 Å². The largest absolute Gasteiger partial charge is 0.508 e. The first kappa shape index (κ1) is 14.9. The number of allylic oxidation sites excluding steroid dienone is 1. The summed E-state index contributed by atoms with van der Waals surface area (Å²) in [4.78, 5) is 3.41. The molecular formula is C14H21NO2S. The summed E-state index contributed by atoms with van der Waals surface area (Å²) in [6.07, 6.45) is 2.01. The van der Waals surface area contributed by atoms with Gasteiger partial charge in [0, 0.05) is 23.7 Å². The minimum atomic E-state index is 0.327. The number of phenolic OH excluding ortho intramolecular Hbond substituents is 1. The molecule has 1 heterocycles. The number of nitrogens with zero attached hydrogens (tertiary/aromatic N) is 1. The SMILES string of the molecule is C=C(C)N1CCOCC1.CSc1ccc(O)cc1. The number of hydrogen-bond acceptors (Lipinski definition) is 4. The Morgan fingerprint density at radius 1 is 1.28 bits per heavy atom. The Balaban J connectivity index is 0.000000180. The van der Waals surface area contributed by atoms with Crippen LogP contribution in [0.1, 0.15) is 6.92 Å². The topological polar surface area (TPSA) is 32.7 Å². The standard InChI is InChI=1S/C7H13NO.C7H8OS/c1-7(2)8-3-5-9-6-4-8;1-9-7-4-2-6(8)3-5-7/h1,3-6H2,2H3;2-5,8H,1H3. The quantitative estimate of drug-likeness (QED) is 0.835. The van der Waals surface area contributed by atoms with Gasteiger partial charge >= 0.3 is 0 Å². The molecule has 0 aromatic heterocycles. The molecule has 0 atom stereocenters. The van der Waals surface area contributed by atoms with Crippen molar-refractivity contribution in [2.45, 2.75) is 11.8 Å². The highest BCUT2D eigenvalue weighted by molar-refractivity contribution is 7.98. The number of thioether (sulfide) groups is 1. The van der Waals surface area contributed by atoms with Crippen LogP contribution in [-0.2, 0) is 4.74 Å². The zero-order chi connectivity index (χ0) is 13.4. The molecule has 3 nitrogen and oxygen atoms in total. The van der Waals surface area contributed by atoms with Crippen LogP contribution in [-0.4, -0.2) is 42.6 Å². The molecule has 1 aromatic carbocycles. The first-order chi connectivity index (χ1) is 8.63. The molecule has 18 heavy (non-hydrogen) atoms. The van der Waals surface area contributed by atoms with Gasteiger partial charge in [-0.2, -0.15) is 0 Å². The third kappa shape index (κ3) is 5.47. The second-order valence-electron chi connectivity index (χ2n) is 4.03. The molecule has 1 aromatic rings. The molecule has 2 rings (SSSR count). The van der Waals surface area contributed by atoms with Gasteiger partial charge in [-0.25, -0.2) is 0 Å².